The quantitative estimate of drug-likeness (QED) is 0.0655. The van der Waals surface area contributed by atoms with Crippen LogP contribution in [0.3, 0.4) is 0 Å². The number of aryl methyl sites for hydroxylation is 2. The summed E-state index contributed by atoms with van der Waals surface area (Å²) < 4.78 is 25.3. The first-order valence-electron chi connectivity index (χ1n) is 17.6. The summed E-state index contributed by atoms with van der Waals surface area (Å²) in [5.41, 5.74) is 2.16. The molecule has 0 atom stereocenters. The van der Waals surface area contributed by atoms with E-state index in [1.54, 1.807) is 0 Å². The Bertz CT molecular complexity index is 2200. The maximum atomic E-state index is 14.4. The molecule has 2 aromatic heterocycles. The summed E-state index contributed by atoms with van der Waals surface area (Å²) in [6.45, 7) is 4.21. The number of benzene rings is 4. The van der Waals surface area contributed by atoms with E-state index in [2.05, 4.69) is 13.8 Å². The van der Waals surface area contributed by atoms with E-state index >= 15 is 0 Å². The van der Waals surface area contributed by atoms with Crippen molar-refractivity contribution in [3.05, 3.63) is 81.9 Å². The topological polar surface area (TPSA) is 105 Å². The summed E-state index contributed by atoms with van der Waals surface area (Å²) in [5, 5.41) is 3.06. The molecule has 0 unspecified atom stereocenters. The maximum absolute atomic E-state index is 14.4. The zero-order valence-electron chi connectivity index (χ0n) is 30.4. The summed E-state index contributed by atoms with van der Waals surface area (Å²) in [6, 6.07) is 15.7. The minimum Gasteiger partial charge on any atom is -0.465 e. The van der Waals surface area contributed by atoms with Gasteiger partial charge in [0.25, 0.3) is 0 Å². The van der Waals surface area contributed by atoms with Gasteiger partial charge in [-0.25, -0.2) is 19.2 Å². The molecule has 0 aliphatic rings. The molecular weight excluding hydrogens is 697 g/mol. The average Bonchev–Trinajstić information content (AvgIpc) is 3.75. The monoisotopic (exact) mass is 738 g/mol. The highest BCUT2D eigenvalue weighted by Gasteiger charge is 2.38. The molecule has 52 heavy (non-hydrogen) atoms. The molecule has 2 heterocycles. The van der Waals surface area contributed by atoms with Crippen LogP contribution < -0.4 is 0 Å². The van der Waals surface area contributed by atoms with E-state index in [4.69, 9.17) is 18.9 Å². The van der Waals surface area contributed by atoms with Gasteiger partial charge in [-0.1, -0.05) is 75.9 Å². The number of hydrogen-bond donors (Lipinski definition) is 0. The molecule has 8 nitrogen and oxygen atoms in total. The van der Waals surface area contributed by atoms with Crippen molar-refractivity contribution in [2.45, 2.75) is 65.2 Å². The van der Waals surface area contributed by atoms with E-state index in [0.29, 0.717) is 45.9 Å². The molecular formula is C42H42O8S2. The van der Waals surface area contributed by atoms with Gasteiger partial charge in [0, 0.05) is 51.5 Å². The average molecular weight is 739 g/mol. The summed E-state index contributed by atoms with van der Waals surface area (Å²) in [7, 11) is 5.12. The highest BCUT2D eigenvalue weighted by molar-refractivity contribution is 7.26. The third-order valence-electron chi connectivity index (χ3n) is 9.71. The van der Waals surface area contributed by atoms with Crippen LogP contribution in [-0.2, 0) is 31.8 Å². The molecule has 0 saturated heterocycles. The zero-order valence-corrected chi connectivity index (χ0v) is 32.0. The molecule has 0 amide bonds. The first-order valence-corrected chi connectivity index (χ1v) is 19.2. The van der Waals surface area contributed by atoms with Crippen molar-refractivity contribution in [3.63, 3.8) is 0 Å². The summed E-state index contributed by atoms with van der Waals surface area (Å²) in [5.74, 6) is -2.91. The lowest BCUT2D eigenvalue weighted by atomic mass is 9.80. The Morgan fingerprint density at radius 1 is 0.500 bits per heavy atom. The molecule has 10 heteroatoms. The molecule has 0 saturated carbocycles. The van der Waals surface area contributed by atoms with Gasteiger partial charge in [0.15, 0.2) is 0 Å². The van der Waals surface area contributed by atoms with Gasteiger partial charge in [-0.15, -0.1) is 22.7 Å². The number of ether oxygens (including phenoxy) is 4. The van der Waals surface area contributed by atoms with Gasteiger partial charge in [0.1, 0.15) is 0 Å². The van der Waals surface area contributed by atoms with Crippen LogP contribution in [0.2, 0.25) is 0 Å². The largest absolute Gasteiger partial charge is 0.465 e. The minimum atomic E-state index is -0.764. The van der Waals surface area contributed by atoms with Gasteiger partial charge in [-0.2, -0.15) is 0 Å². The van der Waals surface area contributed by atoms with Crippen molar-refractivity contribution in [2.24, 2.45) is 0 Å². The predicted molar refractivity (Wildman–Crippen MR) is 209 cm³/mol. The Morgan fingerprint density at radius 2 is 0.846 bits per heavy atom. The fourth-order valence-corrected chi connectivity index (χ4v) is 9.96. The molecule has 0 fully saturated rings. The van der Waals surface area contributed by atoms with E-state index in [9.17, 15) is 19.2 Å². The number of carbonyl (C=O) groups is 4. The van der Waals surface area contributed by atoms with Crippen molar-refractivity contribution >= 4 is 86.9 Å². The molecule has 6 aromatic rings. The molecule has 4 aromatic carbocycles. The molecule has 0 aliphatic carbocycles. The Kier molecular flexibility index (Phi) is 11.3. The van der Waals surface area contributed by atoms with Crippen LogP contribution in [0, 0.1) is 0 Å². The third kappa shape index (κ3) is 6.21. The number of hydrogen-bond acceptors (Lipinski definition) is 10. The van der Waals surface area contributed by atoms with Crippen LogP contribution in [0.25, 0.3) is 51.5 Å². The highest BCUT2D eigenvalue weighted by atomic mass is 32.1. The molecule has 0 aliphatic heterocycles. The van der Waals surface area contributed by atoms with E-state index in [1.807, 2.05) is 48.5 Å². The third-order valence-corrected chi connectivity index (χ3v) is 12.2. The van der Waals surface area contributed by atoms with Gasteiger partial charge in [-0.3, -0.25) is 0 Å². The number of fused-ring (bicyclic) bond motifs is 6. The summed E-state index contributed by atoms with van der Waals surface area (Å²) >= 11 is 3.05. The van der Waals surface area contributed by atoms with Gasteiger partial charge in [0.2, 0.25) is 0 Å². The number of rotatable bonds is 13. The van der Waals surface area contributed by atoms with Crippen LogP contribution in [0.15, 0.2) is 48.5 Å². The number of unbranched alkanes of at least 4 members (excludes halogenated alkanes) is 4. The van der Waals surface area contributed by atoms with Crippen molar-refractivity contribution < 1.29 is 38.1 Å². The lowest BCUT2D eigenvalue weighted by molar-refractivity contribution is 0.0553. The SMILES string of the molecule is CCCCCc1c(C(=O)OC)c(C(=O)OC)c(-c2c(C(=O)OC)c(C(=O)OC)c(CCCCC)c3sc4ccccc4c23)c2c1sc1ccccc12. The van der Waals surface area contributed by atoms with E-state index < -0.39 is 23.9 Å². The van der Waals surface area contributed by atoms with E-state index in [0.717, 1.165) is 68.1 Å². The van der Waals surface area contributed by atoms with Crippen molar-refractivity contribution in [3.8, 4) is 11.1 Å². The Hall–Kier alpha value is -4.80. The number of methoxy groups -OCH3 is 4. The summed E-state index contributed by atoms with van der Waals surface area (Å²) in [4.78, 5) is 57.0. The van der Waals surface area contributed by atoms with Crippen molar-refractivity contribution in [1.29, 1.82) is 0 Å². The van der Waals surface area contributed by atoms with Crippen LogP contribution >= 0.6 is 22.7 Å². The van der Waals surface area contributed by atoms with Gasteiger partial charge in [-0.05, 0) is 48.9 Å². The van der Waals surface area contributed by atoms with Crippen LogP contribution in [0.1, 0.15) is 105 Å². The number of thiophene rings is 2. The lowest BCUT2D eigenvalue weighted by Gasteiger charge is -2.23. The Balaban J connectivity index is 2.00. The van der Waals surface area contributed by atoms with E-state index in [-0.39, 0.29) is 22.3 Å². The van der Waals surface area contributed by atoms with Crippen molar-refractivity contribution in [2.75, 3.05) is 28.4 Å². The number of esters is 4. The first-order chi connectivity index (χ1) is 25.3. The first kappa shape index (κ1) is 37.0. The Labute approximate surface area is 310 Å². The highest BCUT2D eigenvalue weighted by Crippen LogP contribution is 2.53. The normalized spacial score (nSPS) is 11.4. The lowest BCUT2D eigenvalue weighted by Crippen LogP contribution is -2.20. The second-order valence-corrected chi connectivity index (χ2v) is 14.8. The van der Waals surface area contributed by atoms with Gasteiger partial charge >= 0.3 is 23.9 Å². The smallest absolute Gasteiger partial charge is 0.339 e. The second-order valence-electron chi connectivity index (χ2n) is 12.7. The molecule has 0 spiro atoms. The van der Waals surface area contributed by atoms with Crippen LogP contribution in [0.4, 0.5) is 0 Å². The zero-order chi connectivity index (χ0) is 37.1. The Morgan fingerprint density at radius 3 is 1.19 bits per heavy atom. The van der Waals surface area contributed by atoms with Crippen molar-refractivity contribution in [1.82, 2.24) is 0 Å². The molecule has 270 valence electrons. The maximum Gasteiger partial charge on any atom is 0.339 e. The predicted octanol–water partition coefficient (Wildman–Crippen LogP) is 10.7. The fourth-order valence-electron chi connectivity index (χ4n) is 7.39. The number of carbonyl (C=O) groups excluding carboxylic acids is 4. The molecule has 0 bridgehead atoms. The second kappa shape index (κ2) is 15.8. The van der Waals surface area contributed by atoms with Gasteiger partial charge < -0.3 is 18.9 Å². The minimum absolute atomic E-state index is 0.0202. The van der Waals surface area contributed by atoms with Crippen LogP contribution in [-0.4, -0.2) is 52.3 Å². The molecule has 6 rings (SSSR count). The molecule has 0 N–H and O–H groups in total. The van der Waals surface area contributed by atoms with Crippen LogP contribution in [0.5, 0.6) is 0 Å². The summed E-state index contributed by atoms with van der Waals surface area (Å²) in [6.07, 6.45) is 6.31. The van der Waals surface area contributed by atoms with Gasteiger partial charge in [0.05, 0.1) is 50.7 Å². The van der Waals surface area contributed by atoms with E-state index in [1.165, 1.54) is 51.1 Å². The fraction of sp³-hybridized carbons (Fsp3) is 0.333. The standard InChI is InChI=1S/C42H42O8S2/c1-7-9-11-19-25-31(39(43)47-3)35(41(45)49-5)33(29-23-17-13-15-21-27(23)51-37(25)29)34-30-24-18-14-16-22-28(24)52-38(30)26(20-12-10-8-2)32(40(44)48-4)36(34)42(46)50-6/h13-18,21-22H,7-12,19-20H2,1-6H3. The molecule has 0 radical (unpaired) electrons.